The van der Waals surface area contributed by atoms with Gasteiger partial charge in [0.05, 0.1) is 0 Å². The molecule has 0 aliphatic carbocycles. The van der Waals surface area contributed by atoms with E-state index in [9.17, 15) is 4.79 Å². The highest BCUT2D eigenvalue weighted by atomic mass is 16.1. The lowest BCUT2D eigenvalue weighted by Gasteiger charge is -2.31. The summed E-state index contributed by atoms with van der Waals surface area (Å²) in [6.07, 6.45) is 3.08. The lowest BCUT2D eigenvalue weighted by atomic mass is 9.98. The maximum absolute atomic E-state index is 11.3. The van der Waals surface area contributed by atoms with Gasteiger partial charge in [0.25, 0.3) is 0 Å². The second-order valence-electron chi connectivity index (χ2n) is 4.25. The van der Waals surface area contributed by atoms with Crippen LogP contribution in [-0.4, -0.2) is 43.5 Å². The largest absolute Gasteiger partial charge is 0.356 e. The number of nitrogens with two attached hydrogens (primary N) is 1. The maximum atomic E-state index is 11.3. The van der Waals surface area contributed by atoms with Gasteiger partial charge in [-0.2, -0.15) is 0 Å². The molecule has 1 fully saturated rings. The molecule has 1 unspecified atom stereocenters. The minimum atomic E-state index is 0.160. The van der Waals surface area contributed by atoms with Gasteiger partial charge in [0.1, 0.15) is 0 Å². The van der Waals surface area contributed by atoms with E-state index in [1.807, 2.05) is 6.92 Å². The van der Waals surface area contributed by atoms with Gasteiger partial charge in [0.15, 0.2) is 0 Å². The third-order valence-electron chi connectivity index (χ3n) is 2.97. The average molecular weight is 213 g/mol. The quantitative estimate of drug-likeness (QED) is 0.685. The van der Waals surface area contributed by atoms with E-state index >= 15 is 0 Å². The van der Waals surface area contributed by atoms with Crippen LogP contribution in [0.3, 0.4) is 0 Å². The fraction of sp³-hybridized carbons (Fsp3) is 0.909. The van der Waals surface area contributed by atoms with Crippen molar-refractivity contribution in [2.75, 3.05) is 32.7 Å². The Morgan fingerprint density at radius 3 is 3.07 bits per heavy atom. The van der Waals surface area contributed by atoms with Crippen LogP contribution in [0.5, 0.6) is 0 Å². The molecule has 1 heterocycles. The number of carbonyl (C=O) groups is 1. The Labute approximate surface area is 92.2 Å². The summed E-state index contributed by atoms with van der Waals surface area (Å²) in [6, 6.07) is 0. The minimum absolute atomic E-state index is 0.160. The number of nitrogens with one attached hydrogen (secondary N) is 1. The van der Waals surface area contributed by atoms with E-state index in [0.29, 0.717) is 12.3 Å². The standard InChI is InChI=1S/C11H23N3O/c1-2-13-11(15)5-7-14-6-3-4-10(8-12)9-14/h10H,2-9,12H2,1H3,(H,13,15). The zero-order chi connectivity index (χ0) is 11.1. The summed E-state index contributed by atoms with van der Waals surface area (Å²) in [6.45, 7) is 6.51. The molecule has 0 aromatic carbocycles. The monoisotopic (exact) mass is 213 g/mol. The van der Waals surface area contributed by atoms with Crippen LogP contribution in [0.2, 0.25) is 0 Å². The van der Waals surface area contributed by atoms with Gasteiger partial charge in [0.2, 0.25) is 5.91 Å². The van der Waals surface area contributed by atoms with Crippen molar-refractivity contribution in [3.05, 3.63) is 0 Å². The first-order valence-corrected chi connectivity index (χ1v) is 5.95. The second kappa shape index (κ2) is 6.80. The Kier molecular flexibility index (Phi) is 5.65. The molecule has 4 nitrogen and oxygen atoms in total. The van der Waals surface area contributed by atoms with Crippen LogP contribution in [0.1, 0.15) is 26.2 Å². The minimum Gasteiger partial charge on any atom is -0.356 e. The topological polar surface area (TPSA) is 58.4 Å². The smallest absolute Gasteiger partial charge is 0.221 e. The Morgan fingerprint density at radius 1 is 1.60 bits per heavy atom. The van der Waals surface area contributed by atoms with Crippen molar-refractivity contribution in [2.24, 2.45) is 11.7 Å². The van der Waals surface area contributed by atoms with Crippen molar-refractivity contribution in [3.8, 4) is 0 Å². The first-order chi connectivity index (χ1) is 7.26. The van der Waals surface area contributed by atoms with Crippen LogP contribution in [-0.2, 0) is 4.79 Å². The summed E-state index contributed by atoms with van der Waals surface area (Å²) in [5.41, 5.74) is 5.66. The predicted octanol–water partition coefficient (Wildman–Crippen LogP) is 0.183. The van der Waals surface area contributed by atoms with E-state index in [1.165, 1.54) is 12.8 Å². The molecule has 0 spiro atoms. The number of carbonyl (C=O) groups excluding carboxylic acids is 1. The molecule has 0 bridgehead atoms. The highest BCUT2D eigenvalue weighted by Crippen LogP contribution is 2.14. The lowest BCUT2D eigenvalue weighted by Crippen LogP contribution is -2.40. The van der Waals surface area contributed by atoms with E-state index < -0.39 is 0 Å². The Morgan fingerprint density at radius 2 is 2.40 bits per heavy atom. The zero-order valence-corrected chi connectivity index (χ0v) is 9.67. The summed E-state index contributed by atoms with van der Waals surface area (Å²) < 4.78 is 0. The van der Waals surface area contributed by atoms with Gasteiger partial charge in [-0.15, -0.1) is 0 Å². The van der Waals surface area contributed by atoms with Crippen LogP contribution in [0, 0.1) is 5.92 Å². The van der Waals surface area contributed by atoms with Gasteiger partial charge >= 0.3 is 0 Å². The summed E-state index contributed by atoms with van der Waals surface area (Å²) in [4.78, 5) is 13.6. The van der Waals surface area contributed by atoms with Crippen molar-refractivity contribution in [3.63, 3.8) is 0 Å². The molecule has 15 heavy (non-hydrogen) atoms. The van der Waals surface area contributed by atoms with Crippen molar-refractivity contribution < 1.29 is 4.79 Å². The number of hydrogen-bond acceptors (Lipinski definition) is 3. The third kappa shape index (κ3) is 4.62. The third-order valence-corrected chi connectivity index (χ3v) is 2.97. The van der Waals surface area contributed by atoms with Gasteiger partial charge < -0.3 is 16.0 Å². The number of rotatable bonds is 5. The molecular weight excluding hydrogens is 190 g/mol. The fourth-order valence-corrected chi connectivity index (χ4v) is 2.09. The van der Waals surface area contributed by atoms with E-state index in [0.717, 1.165) is 32.7 Å². The lowest BCUT2D eigenvalue weighted by molar-refractivity contribution is -0.121. The maximum Gasteiger partial charge on any atom is 0.221 e. The summed E-state index contributed by atoms with van der Waals surface area (Å²) in [7, 11) is 0. The van der Waals surface area contributed by atoms with Gasteiger partial charge in [-0.25, -0.2) is 0 Å². The molecular formula is C11H23N3O. The molecule has 1 saturated heterocycles. The number of hydrogen-bond donors (Lipinski definition) is 2. The van der Waals surface area contributed by atoms with Crippen molar-refractivity contribution in [1.29, 1.82) is 0 Å². The van der Waals surface area contributed by atoms with Gasteiger partial charge in [-0.05, 0) is 38.8 Å². The molecule has 4 heteroatoms. The number of piperidine rings is 1. The van der Waals surface area contributed by atoms with Crippen LogP contribution < -0.4 is 11.1 Å². The van der Waals surface area contributed by atoms with Crippen LogP contribution in [0.25, 0.3) is 0 Å². The van der Waals surface area contributed by atoms with E-state index in [2.05, 4.69) is 10.2 Å². The van der Waals surface area contributed by atoms with Crippen molar-refractivity contribution >= 4 is 5.91 Å². The molecule has 0 radical (unpaired) electrons. The number of amides is 1. The highest BCUT2D eigenvalue weighted by molar-refractivity contribution is 5.75. The molecule has 0 aromatic heterocycles. The predicted molar refractivity (Wildman–Crippen MR) is 61.5 cm³/mol. The molecule has 1 aliphatic heterocycles. The SMILES string of the molecule is CCNC(=O)CCN1CCCC(CN)C1. The van der Waals surface area contributed by atoms with Crippen LogP contribution in [0.4, 0.5) is 0 Å². The molecule has 88 valence electrons. The first-order valence-electron chi connectivity index (χ1n) is 5.95. The fourth-order valence-electron chi connectivity index (χ4n) is 2.09. The molecule has 0 saturated carbocycles. The summed E-state index contributed by atoms with van der Waals surface area (Å²) in [5, 5.41) is 2.82. The van der Waals surface area contributed by atoms with Gasteiger partial charge in [0, 0.05) is 26.1 Å². The van der Waals surface area contributed by atoms with Crippen molar-refractivity contribution in [1.82, 2.24) is 10.2 Å². The normalized spacial score (nSPS) is 22.7. The average Bonchev–Trinajstić information content (AvgIpc) is 2.27. The van der Waals surface area contributed by atoms with Gasteiger partial charge in [-0.1, -0.05) is 0 Å². The second-order valence-corrected chi connectivity index (χ2v) is 4.25. The summed E-state index contributed by atoms with van der Waals surface area (Å²) >= 11 is 0. The first kappa shape index (κ1) is 12.5. The molecule has 1 rings (SSSR count). The van der Waals surface area contributed by atoms with Crippen molar-refractivity contribution in [2.45, 2.75) is 26.2 Å². The Bertz CT molecular complexity index is 196. The highest BCUT2D eigenvalue weighted by Gasteiger charge is 2.18. The molecule has 1 aliphatic rings. The molecule has 3 N–H and O–H groups in total. The van der Waals surface area contributed by atoms with E-state index in [1.54, 1.807) is 0 Å². The molecule has 1 atom stereocenters. The van der Waals surface area contributed by atoms with Gasteiger partial charge in [-0.3, -0.25) is 4.79 Å². The number of likely N-dealkylation sites (tertiary alicyclic amines) is 1. The number of nitrogens with zero attached hydrogens (tertiary/aromatic N) is 1. The molecule has 0 aromatic rings. The van der Waals surface area contributed by atoms with Crippen LogP contribution in [0.15, 0.2) is 0 Å². The zero-order valence-electron chi connectivity index (χ0n) is 9.67. The van der Waals surface area contributed by atoms with Crippen LogP contribution >= 0.6 is 0 Å². The van der Waals surface area contributed by atoms with E-state index in [-0.39, 0.29) is 5.91 Å². The Balaban J connectivity index is 2.17. The van der Waals surface area contributed by atoms with E-state index in [4.69, 9.17) is 5.73 Å². The summed E-state index contributed by atoms with van der Waals surface area (Å²) in [5.74, 6) is 0.792. The Hall–Kier alpha value is -0.610. The molecule has 1 amide bonds.